The van der Waals surface area contributed by atoms with Gasteiger partial charge in [0, 0.05) is 10.0 Å². The quantitative estimate of drug-likeness (QED) is 0.824. The maximum Gasteiger partial charge on any atom is 0.280 e. The molecule has 1 heterocycles. The second kappa shape index (κ2) is 6.41. The molecule has 0 unspecified atom stereocenters. The van der Waals surface area contributed by atoms with E-state index in [0.29, 0.717) is 22.5 Å². The average molecular weight is 384 g/mol. The minimum Gasteiger partial charge on any atom is -0.366 e. The molecule has 0 spiro atoms. The lowest BCUT2D eigenvalue weighted by atomic mass is 10.1. The molecule has 0 aliphatic carbocycles. The van der Waals surface area contributed by atoms with Crippen LogP contribution in [0.4, 0.5) is 5.69 Å². The molecule has 1 aliphatic heterocycles. The summed E-state index contributed by atoms with van der Waals surface area (Å²) < 4.78 is 0.976. The number of halogens is 1. The van der Waals surface area contributed by atoms with Gasteiger partial charge in [-0.3, -0.25) is 9.59 Å². The Bertz CT molecular complexity index is 868. The Kier molecular flexibility index (Phi) is 4.31. The smallest absolute Gasteiger partial charge is 0.280 e. The number of hydrogen-bond donors (Lipinski definition) is 1. The van der Waals surface area contributed by atoms with E-state index < -0.39 is 5.91 Å². The molecule has 0 bridgehead atoms. The first-order valence-electron chi connectivity index (χ1n) is 7.23. The van der Waals surface area contributed by atoms with Gasteiger partial charge in [-0.15, -0.1) is 0 Å². The zero-order chi connectivity index (χ0) is 17.3. The average Bonchev–Trinajstić information content (AvgIpc) is 2.85. The summed E-state index contributed by atoms with van der Waals surface area (Å²) in [6.45, 7) is 1.79. The lowest BCUT2D eigenvalue weighted by Gasteiger charge is -2.11. The van der Waals surface area contributed by atoms with Gasteiger partial charge in [-0.05, 0) is 55.0 Å². The molecule has 5 nitrogen and oxygen atoms in total. The van der Waals surface area contributed by atoms with Crippen molar-refractivity contribution in [3.63, 3.8) is 0 Å². The van der Waals surface area contributed by atoms with Crippen molar-refractivity contribution in [3.8, 4) is 0 Å². The van der Waals surface area contributed by atoms with Gasteiger partial charge in [0.2, 0.25) is 5.91 Å². The highest BCUT2D eigenvalue weighted by atomic mass is 79.9. The van der Waals surface area contributed by atoms with E-state index in [0.717, 1.165) is 10.0 Å². The molecule has 24 heavy (non-hydrogen) atoms. The summed E-state index contributed by atoms with van der Waals surface area (Å²) >= 11 is 3.39. The van der Waals surface area contributed by atoms with Crippen LogP contribution in [0.25, 0.3) is 6.08 Å². The molecule has 0 aromatic heterocycles. The predicted molar refractivity (Wildman–Crippen MR) is 97.7 cm³/mol. The maximum atomic E-state index is 12.6. The van der Waals surface area contributed by atoms with Crippen molar-refractivity contribution < 1.29 is 9.59 Å². The lowest BCUT2D eigenvalue weighted by molar-refractivity contribution is -0.114. The minimum atomic E-state index is -0.509. The Labute approximate surface area is 147 Å². The number of carbonyl (C=O) groups is 2. The SMILES string of the molecule is CC1=NN(c2ccc(C(N)=O)cc2)C(=O)/C1=C/c1ccc(Br)cc1. The second-order valence-electron chi connectivity index (χ2n) is 5.32. The zero-order valence-electron chi connectivity index (χ0n) is 12.9. The number of hydrogen-bond acceptors (Lipinski definition) is 3. The molecular formula is C18H14BrN3O2. The summed E-state index contributed by atoms with van der Waals surface area (Å²) in [6, 6.07) is 14.1. The van der Waals surface area contributed by atoms with E-state index >= 15 is 0 Å². The number of nitrogens with zero attached hydrogens (tertiary/aromatic N) is 2. The van der Waals surface area contributed by atoms with E-state index in [1.54, 1.807) is 31.2 Å². The number of anilines is 1. The highest BCUT2D eigenvalue weighted by Crippen LogP contribution is 2.25. The van der Waals surface area contributed by atoms with E-state index in [4.69, 9.17) is 5.73 Å². The summed E-state index contributed by atoms with van der Waals surface area (Å²) in [6.07, 6.45) is 1.81. The van der Waals surface area contributed by atoms with Crippen LogP contribution in [0.2, 0.25) is 0 Å². The third-order valence-electron chi connectivity index (χ3n) is 3.64. The normalized spacial score (nSPS) is 15.8. The largest absolute Gasteiger partial charge is 0.366 e. The van der Waals surface area contributed by atoms with Gasteiger partial charge in [-0.25, -0.2) is 0 Å². The fourth-order valence-corrected chi connectivity index (χ4v) is 2.62. The predicted octanol–water partition coefficient (Wildman–Crippen LogP) is 3.35. The Hall–Kier alpha value is -2.73. The Balaban J connectivity index is 1.90. The molecule has 0 atom stereocenters. The molecule has 2 aromatic rings. The summed E-state index contributed by atoms with van der Waals surface area (Å²) in [5.74, 6) is -0.716. The van der Waals surface area contributed by atoms with Crippen LogP contribution in [-0.4, -0.2) is 17.5 Å². The van der Waals surface area contributed by atoms with Gasteiger partial charge < -0.3 is 5.73 Å². The number of hydrazone groups is 1. The van der Waals surface area contributed by atoms with Crippen molar-refractivity contribution in [1.29, 1.82) is 0 Å². The van der Waals surface area contributed by atoms with Crippen LogP contribution in [-0.2, 0) is 4.79 Å². The number of carbonyl (C=O) groups excluding carboxylic acids is 2. The number of amides is 2. The van der Waals surface area contributed by atoms with Gasteiger partial charge in [0.15, 0.2) is 0 Å². The summed E-state index contributed by atoms with van der Waals surface area (Å²) in [7, 11) is 0. The lowest BCUT2D eigenvalue weighted by Crippen LogP contribution is -2.21. The Morgan fingerprint density at radius 1 is 1.12 bits per heavy atom. The van der Waals surface area contributed by atoms with Crippen LogP contribution in [0.3, 0.4) is 0 Å². The molecule has 6 heteroatoms. The monoisotopic (exact) mass is 383 g/mol. The molecule has 2 aromatic carbocycles. The van der Waals surface area contributed by atoms with Crippen molar-refractivity contribution in [3.05, 3.63) is 69.7 Å². The molecule has 120 valence electrons. The molecular weight excluding hydrogens is 370 g/mol. The highest BCUT2D eigenvalue weighted by Gasteiger charge is 2.28. The number of nitrogens with two attached hydrogens (primary N) is 1. The Morgan fingerprint density at radius 3 is 2.33 bits per heavy atom. The first-order chi connectivity index (χ1) is 11.5. The van der Waals surface area contributed by atoms with Crippen LogP contribution in [0.15, 0.2) is 63.7 Å². The molecule has 2 N–H and O–H groups in total. The van der Waals surface area contributed by atoms with Crippen LogP contribution < -0.4 is 10.7 Å². The zero-order valence-corrected chi connectivity index (χ0v) is 14.4. The third-order valence-corrected chi connectivity index (χ3v) is 4.17. The molecule has 2 amide bonds. The molecule has 0 radical (unpaired) electrons. The van der Waals surface area contributed by atoms with E-state index in [2.05, 4.69) is 21.0 Å². The van der Waals surface area contributed by atoms with E-state index in [9.17, 15) is 9.59 Å². The topological polar surface area (TPSA) is 75.8 Å². The summed E-state index contributed by atoms with van der Waals surface area (Å²) in [5.41, 5.74) is 8.30. The van der Waals surface area contributed by atoms with E-state index in [-0.39, 0.29) is 5.91 Å². The van der Waals surface area contributed by atoms with Crippen LogP contribution in [0.1, 0.15) is 22.8 Å². The third kappa shape index (κ3) is 3.14. The number of rotatable bonds is 3. The van der Waals surface area contributed by atoms with Crippen LogP contribution in [0.5, 0.6) is 0 Å². The van der Waals surface area contributed by atoms with Crippen LogP contribution in [0, 0.1) is 0 Å². The molecule has 0 fully saturated rings. The number of primary amides is 1. The van der Waals surface area contributed by atoms with Gasteiger partial charge in [0.05, 0.1) is 17.0 Å². The van der Waals surface area contributed by atoms with Crippen molar-refractivity contribution in [1.82, 2.24) is 0 Å². The fraction of sp³-hybridized carbons (Fsp3) is 0.0556. The van der Waals surface area contributed by atoms with Crippen LogP contribution >= 0.6 is 15.9 Å². The molecule has 1 aliphatic rings. The van der Waals surface area contributed by atoms with Crippen molar-refractivity contribution in [2.24, 2.45) is 10.8 Å². The van der Waals surface area contributed by atoms with Gasteiger partial charge in [0.1, 0.15) is 0 Å². The maximum absolute atomic E-state index is 12.6. The standard InChI is InChI=1S/C18H14BrN3O2/c1-11-16(10-12-2-6-14(19)7-3-12)18(24)22(21-11)15-8-4-13(5-9-15)17(20)23/h2-10H,1H3,(H2,20,23)/b16-10+. The van der Waals surface area contributed by atoms with Gasteiger partial charge in [-0.2, -0.15) is 10.1 Å². The molecule has 0 saturated heterocycles. The second-order valence-corrected chi connectivity index (χ2v) is 6.24. The number of benzene rings is 2. The fourth-order valence-electron chi connectivity index (χ4n) is 2.35. The molecule has 0 saturated carbocycles. The Morgan fingerprint density at radius 2 is 1.75 bits per heavy atom. The van der Waals surface area contributed by atoms with Crippen molar-refractivity contribution in [2.75, 3.05) is 5.01 Å². The minimum absolute atomic E-state index is 0.206. The van der Waals surface area contributed by atoms with Gasteiger partial charge in [-0.1, -0.05) is 28.1 Å². The first-order valence-corrected chi connectivity index (χ1v) is 8.02. The van der Waals surface area contributed by atoms with E-state index in [1.807, 2.05) is 30.3 Å². The summed E-state index contributed by atoms with van der Waals surface area (Å²) in [5, 5.41) is 5.64. The van der Waals surface area contributed by atoms with Crippen molar-refractivity contribution in [2.45, 2.75) is 6.92 Å². The van der Waals surface area contributed by atoms with E-state index in [1.165, 1.54) is 5.01 Å². The highest BCUT2D eigenvalue weighted by molar-refractivity contribution is 9.10. The first kappa shape index (κ1) is 16.1. The van der Waals surface area contributed by atoms with Gasteiger partial charge >= 0.3 is 0 Å². The van der Waals surface area contributed by atoms with Crippen molar-refractivity contribution >= 4 is 45.2 Å². The summed E-state index contributed by atoms with van der Waals surface area (Å²) in [4.78, 5) is 23.8. The van der Waals surface area contributed by atoms with Gasteiger partial charge in [0.25, 0.3) is 5.91 Å². The molecule has 3 rings (SSSR count).